The molecule has 1 fully saturated rings. The fourth-order valence-electron chi connectivity index (χ4n) is 3.06. The maximum Gasteiger partial charge on any atom is 0.0169 e. The van der Waals surface area contributed by atoms with E-state index < -0.39 is 0 Å². The van der Waals surface area contributed by atoms with Crippen LogP contribution in [-0.4, -0.2) is 24.5 Å². The van der Waals surface area contributed by atoms with Crippen LogP contribution in [0.25, 0.3) is 0 Å². The summed E-state index contributed by atoms with van der Waals surface area (Å²) in [6.07, 6.45) is 4.16. The number of hydrogen-bond acceptors (Lipinski definition) is 1. The second kappa shape index (κ2) is 4.00. The number of rotatable bonds is 1. The average Bonchev–Trinajstić information content (AvgIpc) is 2.01. The molecule has 2 atom stereocenters. The van der Waals surface area contributed by atoms with Crippen LogP contribution >= 0.6 is 0 Å². The third kappa shape index (κ3) is 2.46. The van der Waals surface area contributed by atoms with Crippen LogP contribution in [0.1, 0.15) is 47.0 Å². The molecule has 0 aromatic rings. The van der Waals surface area contributed by atoms with Crippen molar-refractivity contribution in [1.82, 2.24) is 4.90 Å². The molecule has 1 aliphatic heterocycles. The molecule has 0 aromatic heterocycles. The minimum absolute atomic E-state index is 0.440. The molecule has 0 aliphatic carbocycles. The molecule has 0 radical (unpaired) electrons. The SMILES string of the molecule is CCC1CCCN(C)C1C(C)(C)C. The van der Waals surface area contributed by atoms with Crippen LogP contribution in [0.3, 0.4) is 0 Å². The van der Waals surface area contributed by atoms with Gasteiger partial charge in [0.15, 0.2) is 0 Å². The third-order valence-corrected chi connectivity index (χ3v) is 3.42. The maximum absolute atomic E-state index is 2.57. The number of nitrogens with zero attached hydrogens (tertiary/aromatic N) is 1. The zero-order chi connectivity index (χ0) is 10.1. The minimum Gasteiger partial charge on any atom is -0.303 e. The summed E-state index contributed by atoms with van der Waals surface area (Å²) in [5.41, 5.74) is 0.440. The van der Waals surface area contributed by atoms with Gasteiger partial charge in [-0.2, -0.15) is 0 Å². The lowest BCUT2D eigenvalue weighted by Crippen LogP contribution is -2.50. The smallest absolute Gasteiger partial charge is 0.0169 e. The Morgan fingerprint density at radius 3 is 2.31 bits per heavy atom. The maximum atomic E-state index is 2.57. The second-order valence-corrected chi connectivity index (χ2v) is 5.60. The molecular formula is C12H25N. The Labute approximate surface area is 83.5 Å². The molecule has 2 unspecified atom stereocenters. The van der Waals surface area contributed by atoms with Gasteiger partial charge in [-0.15, -0.1) is 0 Å². The van der Waals surface area contributed by atoms with Crippen LogP contribution in [0, 0.1) is 11.3 Å². The Bertz CT molecular complexity index is 157. The molecule has 0 saturated carbocycles. The molecule has 1 heteroatoms. The molecule has 1 rings (SSSR count). The lowest BCUT2D eigenvalue weighted by Gasteiger charge is -2.46. The monoisotopic (exact) mass is 183 g/mol. The normalized spacial score (nSPS) is 32.1. The average molecular weight is 183 g/mol. The summed E-state index contributed by atoms with van der Waals surface area (Å²) >= 11 is 0. The number of piperidine rings is 1. The molecule has 1 nitrogen and oxygen atoms in total. The predicted molar refractivity (Wildman–Crippen MR) is 58.9 cm³/mol. The zero-order valence-electron chi connectivity index (χ0n) is 9.93. The van der Waals surface area contributed by atoms with Gasteiger partial charge in [0.25, 0.3) is 0 Å². The van der Waals surface area contributed by atoms with Gasteiger partial charge >= 0.3 is 0 Å². The van der Waals surface area contributed by atoms with E-state index in [9.17, 15) is 0 Å². The fraction of sp³-hybridized carbons (Fsp3) is 1.00. The molecule has 1 heterocycles. The van der Waals surface area contributed by atoms with E-state index in [-0.39, 0.29) is 0 Å². The molecule has 78 valence electrons. The fourth-order valence-corrected chi connectivity index (χ4v) is 3.06. The van der Waals surface area contributed by atoms with Crippen molar-refractivity contribution in [1.29, 1.82) is 0 Å². The zero-order valence-corrected chi connectivity index (χ0v) is 9.93. The minimum atomic E-state index is 0.440. The highest BCUT2D eigenvalue weighted by atomic mass is 15.1. The first-order chi connectivity index (χ1) is 5.96. The van der Waals surface area contributed by atoms with Gasteiger partial charge in [-0.3, -0.25) is 0 Å². The van der Waals surface area contributed by atoms with Crippen molar-refractivity contribution >= 4 is 0 Å². The summed E-state index contributed by atoms with van der Waals surface area (Å²) in [5, 5.41) is 0. The van der Waals surface area contributed by atoms with Crippen molar-refractivity contribution in [3.8, 4) is 0 Å². The summed E-state index contributed by atoms with van der Waals surface area (Å²) in [6, 6.07) is 0.784. The molecule has 1 aliphatic rings. The van der Waals surface area contributed by atoms with Gasteiger partial charge in [-0.25, -0.2) is 0 Å². The first-order valence-electron chi connectivity index (χ1n) is 5.67. The molecule has 0 N–H and O–H groups in total. The van der Waals surface area contributed by atoms with E-state index in [1.807, 2.05) is 0 Å². The van der Waals surface area contributed by atoms with Crippen LogP contribution in [0.5, 0.6) is 0 Å². The predicted octanol–water partition coefficient (Wildman–Crippen LogP) is 3.15. The van der Waals surface area contributed by atoms with E-state index in [0.717, 1.165) is 12.0 Å². The topological polar surface area (TPSA) is 3.24 Å². The van der Waals surface area contributed by atoms with Crippen molar-refractivity contribution in [2.45, 2.75) is 53.0 Å². The summed E-state index contributed by atoms with van der Waals surface area (Å²) in [7, 11) is 2.29. The van der Waals surface area contributed by atoms with E-state index in [4.69, 9.17) is 0 Å². The van der Waals surface area contributed by atoms with Crippen LogP contribution < -0.4 is 0 Å². The molecule has 0 amide bonds. The Morgan fingerprint density at radius 2 is 1.92 bits per heavy atom. The van der Waals surface area contributed by atoms with Crippen LogP contribution in [0.2, 0.25) is 0 Å². The Morgan fingerprint density at radius 1 is 1.31 bits per heavy atom. The highest BCUT2D eigenvalue weighted by Crippen LogP contribution is 2.36. The highest BCUT2D eigenvalue weighted by molar-refractivity contribution is 4.90. The van der Waals surface area contributed by atoms with Crippen molar-refractivity contribution < 1.29 is 0 Å². The Kier molecular flexibility index (Phi) is 3.39. The molecule has 0 aromatic carbocycles. The molecule has 1 saturated heterocycles. The Balaban J connectivity index is 2.73. The largest absolute Gasteiger partial charge is 0.303 e. The van der Waals surface area contributed by atoms with E-state index >= 15 is 0 Å². The Hall–Kier alpha value is -0.0400. The number of hydrogen-bond donors (Lipinski definition) is 0. The molecular weight excluding hydrogens is 158 g/mol. The van der Waals surface area contributed by atoms with Crippen molar-refractivity contribution in [3.63, 3.8) is 0 Å². The van der Waals surface area contributed by atoms with Crippen molar-refractivity contribution in [2.24, 2.45) is 11.3 Å². The van der Waals surface area contributed by atoms with Crippen molar-refractivity contribution in [3.05, 3.63) is 0 Å². The van der Waals surface area contributed by atoms with E-state index in [1.54, 1.807) is 0 Å². The standard InChI is InChI=1S/C12H25N/c1-6-10-8-7-9-13(5)11(10)12(2,3)4/h10-11H,6-9H2,1-5H3. The van der Waals surface area contributed by atoms with Gasteiger partial charge in [0.2, 0.25) is 0 Å². The molecule has 0 spiro atoms. The lowest BCUT2D eigenvalue weighted by atomic mass is 9.73. The van der Waals surface area contributed by atoms with Gasteiger partial charge < -0.3 is 4.90 Å². The molecule has 0 bridgehead atoms. The van der Waals surface area contributed by atoms with Crippen LogP contribution in [0.4, 0.5) is 0 Å². The highest BCUT2D eigenvalue weighted by Gasteiger charge is 2.36. The summed E-state index contributed by atoms with van der Waals surface area (Å²) in [5.74, 6) is 0.916. The first kappa shape index (κ1) is 11.0. The first-order valence-corrected chi connectivity index (χ1v) is 5.67. The van der Waals surface area contributed by atoms with Gasteiger partial charge in [0, 0.05) is 6.04 Å². The van der Waals surface area contributed by atoms with Gasteiger partial charge in [0.1, 0.15) is 0 Å². The van der Waals surface area contributed by atoms with Crippen molar-refractivity contribution in [2.75, 3.05) is 13.6 Å². The summed E-state index contributed by atoms with van der Waals surface area (Å²) in [6.45, 7) is 10.8. The third-order valence-electron chi connectivity index (χ3n) is 3.42. The van der Waals surface area contributed by atoms with E-state index in [1.165, 1.54) is 25.8 Å². The van der Waals surface area contributed by atoms with Crippen LogP contribution in [0.15, 0.2) is 0 Å². The lowest BCUT2D eigenvalue weighted by molar-refractivity contribution is 0.0351. The van der Waals surface area contributed by atoms with Gasteiger partial charge in [-0.1, -0.05) is 34.1 Å². The quantitative estimate of drug-likeness (QED) is 0.603. The summed E-state index contributed by atoms with van der Waals surface area (Å²) < 4.78 is 0. The van der Waals surface area contributed by atoms with E-state index in [0.29, 0.717) is 5.41 Å². The molecule has 13 heavy (non-hydrogen) atoms. The number of likely N-dealkylation sites (tertiary alicyclic amines) is 1. The summed E-state index contributed by atoms with van der Waals surface area (Å²) in [4.78, 5) is 2.57. The van der Waals surface area contributed by atoms with Gasteiger partial charge in [-0.05, 0) is 37.8 Å². The van der Waals surface area contributed by atoms with Gasteiger partial charge in [0.05, 0.1) is 0 Å². The van der Waals surface area contributed by atoms with E-state index in [2.05, 4.69) is 39.6 Å². The van der Waals surface area contributed by atoms with Crippen LogP contribution in [-0.2, 0) is 0 Å². The second-order valence-electron chi connectivity index (χ2n) is 5.60.